The van der Waals surface area contributed by atoms with Crippen molar-refractivity contribution in [3.63, 3.8) is 0 Å². The Balaban J connectivity index is 1.76. The Kier molecular flexibility index (Phi) is 9.21. The maximum absolute atomic E-state index is 16.2. The number of carbonyl (C=O) groups is 3. The van der Waals surface area contributed by atoms with Gasteiger partial charge in [-0.15, -0.1) is 0 Å². The first-order valence-electron chi connectivity index (χ1n) is 13.6. The number of hydrogen-bond donors (Lipinski definition) is 3. The molecule has 0 radical (unpaired) electrons. The van der Waals surface area contributed by atoms with Crippen LogP contribution in [0.2, 0.25) is 0 Å². The summed E-state index contributed by atoms with van der Waals surface area (Å²) < 4.78 is 42.9. The third-order valence-electron chi connectivity index (χ3n) is 6.81. The third-order valence-corrected chi connectivity index (χ3v) is 6.81. The van der Waals surface area contributed by atoms with Gasteiger partial charge in [0.2, 0.25) is 11.6 Å². The second-order valence-electron chi connectivity index (χ2n) is 9.63. The SMILES string of the molecule is CCCCCCCCOc1c(F)c2c(c(F)c1Nc1ccc(C(=O)OCC)cc1)C(=O)c1c(O)ccc(O)c1C2=O. The number of esters is 1. The molecule has 0 unspecified atom stereocenters. The molecule has 216 valence electrons. The van der Waals surface area contributed by atoms with Crippen molar-refractivity contribution in [2.75, 3.05) is 18.5 Å². The molecule has 0 spiro atoms. The molecule has 1 aliphatic rings. The number of carbonyl (C=O) groups excluding carboxylic acids is 3. The lowest BCUT2D eigenvalue weighted by atomic mass is 9.82. The van der Waals surface area contributed by atoms with Gasteiger partial charge in [-0.2, -0.15) is 0 Å². The summed E-state index contributed by atoms with van der Waals surface area (Å²) in [5.41, 5.74) is -3.07. The maximum Gasteiger partial charge on any atom is 0.338 e. The summed E-state index contributed by atoms with van der Waals surface area (Å²) in [6.45, 7) is 3.96. The fourth-order valence-corrected chi connectivity index (χ4v) is 4.74. The number of aromatic hydroxyl groups is 2. The maximum atomic E-state index is 16.2. The highest BCUT2D eigenvalue weighted by Crippen LogP contribution is 2.45. The van der Waals surface area contributed by atoms with E-state index in [0.717, 1.165) is 44.2 Å². The number of nitrogens with one attached hydrogen (secondary N) is 1. The lowest BCUT2D eigenvalue weighted by molar-refractivity contribution is 0.0526. The van der Waals surface area contributed by atoms with Crippen molar-refractivity contribution in [2.45, 2.75) is 52.4 Å². The first-order chi connectivity index (χ1) is 19.7. The average Bonchev–Trinajstić information content (AvgIpc) is 2.95. The highest BCUT2D eigenvalue weighted by molar-refractivity contribution is 6.31. The molecule has 3 N–H and O–H groups in total. The van der Waals surface area contributed by atoms with E-state index in [0.29, 0.717) is 6.42 Å². The van der Waals surface area contributed by atoms with Gasteiger partial charge in [-0.05, 0) is 49.7 Å². The molecule has 0 fully saturated rings. The monoisotopic (exact) mass is 567 g/mol. The van der Waals surface area contributed by atoms with E-state index in [-0.39, 0.29) is 24.5 Å². The molecule has 0 atom stereocenters. The first kappa shape index (κ1) is 29.5. The first-order valence-corrected chi connectivity index (χ1v) is 13.6. The Morgan fingerprint density at radius 1 is 0.780 bits per heavy atom. The van der Waals surface area contributed by atoms with Crippen LogP contribution in [0.3, 0.4) is 0 Å². The van der Waals surface area contributed by atoms with Gasteiger partial charge in [0.1, 0.15) is 17.2 Å². The molecule has 0 aliphatic heterocycles. The van der Waals surface area contributed by atoms with E-state index < -0.39 is 74.4 Å². The Morgan fingerprint density at radius 2 is 1.34 bits per heavy atom. The highest BCUT2D eigenvalue weighted by atomic mass is 19.1. The second kappa shape index (κ2) is 12.8. The van der Waals surface area contributed by atoms with Crippen LogP contribution in [0.15, 0.2) is 36.4 Å². The number of rotatable bonds is 12. The van der Waals surface area contributed by atoms with E-state index in [9.17, 15) is 24.6 Å². The Labute approximate surface area is 235 Å². The smallest absolute Gasteiger partial charge is 0.338 e. The van der Waals surface area contributed by atoms with Gasteiger partial charge in [0.25, 0.3) is 0 Å². The zero-order valence-electron chi connectivity index (χ0n) is 22.8. The zero-order valence-corrected chi connectivity index (χ0v) is 22.8. The summed E-state index contributed by atoms with van der Waals surface area (Å²) in [6, 6.07) is 7.70. The standard InChI is InChI=1S/C31H31F2NO7/c1-3-5-6-7-8-9-16-41-30-26(33)24-23(28(37)21-19(35)14-15-20(36)22(21)29(24)38)25(32)27(30)34-18-12-10-17(11-13-18)31(39)40-4-2/h10-15,34-36H,3-9,16H2,1-2H3. The molecule has 0 saturated carbocycles. The molecule has 3 aromatic rings. The molecular formula is C31H31F2NO7. The molecule has 0 amide bonds. The van der Waals surface area contributed by atoms with Crippen LogP contribution < -0.4 is 10.1 Å². The van der Waals surface area contributed by atoms with Crippen molar-refractivity contribution in [3.8, 4) is 17.2 Å². The number of fused-ring (bicyclic) bond motifs is 2. The number of phenolic OH excluding ortho intramolecular Hbond substituents is 2. The largest absolute Gasteiger partial charge is 0.507 e. The molecule has 3 aromatic carbocycles. The third kappa shape index (κ3) is 5.86. The lowest BCUT2D eigenvalue weighted by Crippen LogP contribution is -2.25. The van der Waals surface area contributed by atoms with E-state index >= 15 is 8.78 Å². The Morgan fingerprint density at radius 3 is 1.93 bits per heavy atom. The van der Waals surface area contributed by atoms with Gasteiger partial charge in [0.05, 0.1) is 41.0 Å². The summed E-state index contributed by atoms with van der Waals surface area (Å²) >= 11 is 0. The molecule has 1 aliphatic carbocycles. The number of phenols is 2. The van der Waals surface area contributed by atoms with E-state index in [1.54, 1.807) is 6.92 Å². The number of halogens is 2. The van der Waals surface area contributed by atoms with Crippen molar-refractivity contribution in [1.82, 2.24) is 0 Å². The van der Waals surface area contributed by atoms with Crippen LogP contribution in [0.1, 0.15) is 94.6 Å². The predicted molar refractivity (Wildman–Crippen MR) is 148 cm³/mol. The Hall–Kier alpha value is -4.47. The number of anilines is 2. The van der Waals surface area contributed by atoms with Crippen LogP contribution in [0, 0.1) is 11.6 Å². The minimum atomic E-state index is -1.27. The van der Waals surface area contributed by atoms with Gasteiger partial charge in [-0.3, -0.25) is 9.59 Å². The molecule has 4 rings (SSSR count). The number of benzene rings is 3. The fourth-order valence-electron chi connectivity index (χ4n) is 4.74. The van der Waals surface area contributed by atoms with E-state index in [2.05, 4.69) is 12.2 Å². The van der Waals surface area contributed by atoms with Gasteiger partial charge in [0.15, 0.2) is 17.4 Å². The van der Waals surface area contributed by atoms with Gasteiger partial charge < -0.3 is 25.0 Å². The number of ketones is 2. The average molecular weight is 568 g/mol. The van der Waals surface area contributed by atoms with Gasteiger partial charge in [-0.25, -0.2) is 13.6 Å². The van der Waals surface area contributed by atoms with Crippen LogP contribution in [0.4, 0.5) is 20.2 Å². The normalized spacial score (nSPS) is 12.1. The van der Waals surface area contributed by atoms with Crippen LogP contribution >= 0.6 is 0 Å². The topological polar surface area (TPSA) is 122 Å². The van der Waals surface area contributed by atoms with Crippen molar-refractivity contribution < 1.29 is 42.9 Å². The van der Waals surface area contributed by atoms with Crippen molar-refractivity contribution in [2.24, 2.45) is 0 Å². The highest BCUT2D eigenvalue weighted by Gasteiger charge is 2.41. The van der Waals surface area contributed by atoms with Crippen LogP contribution in [0.5, 0.6) is 17.2 Å². The number of ether oxygens (including phenoxy) is 2. The quantitative estimate of drug-likeness (QED) is 0.0970. The molecule has 8 nitrogen and oxygen atoms in total. The minimum absolute atomic E-state index is 0.0164. The predicted octanol–water partition coefficient (Wildman–Crippen LogP) is 6.81. The van der Waals surface area contributed by atoms with Crippen LogP contribution in [-0.2, 0) is 4.74 Å². The summed E-state index contributed by atoms with van der Waals surface area (Å²) in [6.07, 6.45) is 5.50. The summed E-state index contributed by atoms with van der Waals surface area (Å²) in [4.78, 5) is 38.6. The summed E-state index contributed by atoms with van der Waals surface area (Å²) in [7, 11) is 0. The number of unbranched alkanes of at least 4 members (excludes halogenated alkanes) is 5. The van der Waals surface area contributed by atoms with Crippen molar-refractivity contribution in [3.05, 3.63) is 75.8 Å². The van der Waals surface area contributed by atoms with E-state index in [1.165, 1.54) is 24.3 Å². The van der Waals surface area contributed by atoms with Gasteiger partial charge >= 0.3 is 5.97 Å². The summed E-state index contributed by atoms with van der Waals surface area (Å²) in [5, 5.41) is 23.2. The number of hydrogen-bond acceptors (Lipinski definition) is 8. The molecule has 0 bridgehead atoms. The Bertz CT molecular complexity index is 1490. The molecule has 41 heavy (non-hydrogen) atoms. The molecular weight excluding hydrogens is 536 g/mol. The fraction of sp³-hybridized carbons (Fsp3) is 0.323. The zero-order chi connectivity index (χ0) is 29.7. The van der Waals surface area contributed by atoms with Crippen LogP contribution in [-0.4, -0.2) is 41.0 Å². The molecule has 0 heterocycles. The van der Waals surface area contributed by atoms with Gasteiger partial charge in [0, 0.05) is 5.69 Å². The minimum Gasteiger partial charge on any atom is -0.507 e. The van der Waals surface area contributed by atoms with E-state index in [1.807, 2.05) is 0 Å². The second-order valence-corrected chi connectivity index (χ2v) is 9.63. The molecule has 0 saturated heterocycles. The summed E-state index contributed by atoms with van der Waals surface area (Å²) in [5.74, 6) is -7.33. The van der Waals surface area contributed by atoms with E-state index in [4.69, 9.17) is 9.47 Å². The lowest BCUT2D eigenvalue weighted by Gasteiger charge is -2.24. The van der Waals surface area contributed by atoms with Crippen molar-refractivity contribution >= 4 is 28.9 Å². The molecule has 10 heteroatoms. The van der Waals surface area contributed by atoms with Gasteiger partial charge in [-0.1, -0.05) is 39.0 Å². The van der Waals surface area contributed by atoms with Crippen LogP contribution in [0.25, 0.3) is 0 Å². The van der Waals surface area contributed by atoms with Crippen molar-refractivity contribution in [1.29, 1.82) is 0 Å². The molecule has 0 aromatic heterocycles.